The monoisotopic (exact) mass is 1240 g/mol. The number of aliphatic carboxylic acids is 1. The maximum atomic E-state index is 13.9. The highest BCUT2D eigenvalue weighted by Gasteiger charge is 2.32. The molecular weight excluding hydrogens is 1170 g/mol. The second-order valence-electron chi connectivity index (χ2n) is 21.6. The number of halogens is 2. The number of carbonyl (C=O) groups is 9. The lowest BCUT2D eigenvalue weighted by molar-refractivity contribution is -0.139. The number of anilines is 2. The number of alkyl carbamates (subject to hydrolysis) is 1. The van der Waals surface area contributed by atoms with Gasteiger partial charge in [0.2, 0.25) is 23.6 Å². The molecule has 0 spiro atoms. The summed E-state index contributed by atoms with van der Waals surface area (Å²) in [5.74, 6) is -6.19. The topological polar surface area (TPSA) is 360 Å². The molecule has 0 saturated heterocycles. The number of imide groups is 1. The number of primary amides is 1. The molecule has 476 valence electrons. The zero-order valence-electron chi connectivity index (χ0n) is 50.0. The number of carbonyl (C=O) groups excluding carboxylic acids is 8. The van der Waals surface area contributed by atoms with Crippen LogP contribution in [0.2, 0.25) is 0 Å². The van der Waals surface area contributed by atoms with Crippen molar-refractivity contribution in [2.45, 2.75) is 116 Å². The summed E-state index contributed by atoms with van der Waals surface area (Å²) in [6.45, 7) is 6.16. The summed E-state index contributed by atoms with van der Waals surface area (Å²) in [7, 11) is 0. The summed E-state index contributed by atoms with van der Waals surface area (Å²) in [5.41, 5.74) is 10.8. The number of rotatable bonds is 34. The van der Waals surface area contributed by atoms with Crippen LogP contribution >= 0.6 is 0 Å². The standard InChI is InChI=1S/C63H73F2N13O12/c1-37(2)56(77-60(85)50(23-26-55(82)83)73-52(79)14-5-4-7-29-78-53(80)24-25-54(78)81)61(86)74-49(13-10-28-67-62(66)87)59(84)72-42-18-15-39(16-19-42)36-90-63(88)68-27-6-8-30-89-44-32-41-31-40(17-22-47(41)70-34-44)57-58(48-12-9-11-38(3)71-48)76-51(75-57)35-69-43-20-21-45(64)46(65)33-43/h9,11-12,15-22,24-25,31-34,37,49-50,56,69H,4-8,10,13-14,23,26-30,35-36H2,1-3H3,(H,68,88)(H,72,84)(H,73,79)(H,74,86)(H,75,76)(H,77,85)(H,82,83)(H3,66,67,87)/t49-,50-,56-/m0/s1. The van der Waals surface area contributed by atoms with E-state index in [0.29, 0.717) is 90.8 Å². The van der Waals surface area contributed by atoms with Gasteiger partial charge in [0.1, 0.15) is 36.3 Å². The molecule has 4 heterocycles. The van der Waals surface area contributed by atoms with Crippen molar-refractivity contribution in [1.29, 1.82) is 0 Å². The Balaban J connectivity index is 0.852. The van der Waals surface area contributed by atoms with E-state index in [0.717, 1.165) is 39.2 Å². The molecule has 0 saturated carbocycles. The van der Waals surface area contributed by atoms with Crippen LogP contribution in [-0.2, 0) is 51.5 Å². The molecular formula is C63H73F2N13O12. The number of imidazole rings is 1. The van der Waals surface area contributed by atoms with Crippen molar-refractivity contribution in [1.82, 2.24) is 51.4 Å². The SMILES string of the molecule is Cc1cccc(-c2[nH]c(CNc3ccc(F)c(F)c3)nc2-c2ccc3ncc(OCCCCNC(=O)OCc4ccc(NC(=O)[C@H](CCCNC(N)=O)NC(=O)[C@@H](NC(=O)[C@H](CCC(=O)O)NC(=O)CCCCCN5C(=O)C=CC5=O)C(C)C)cc4)cc3c2)n1. The van der Waals surface area contributed by atoms with E-state index in [2.05, 4.69) is 47.2 Å². The van der Waals surface area contributed by atoms with E-state index >= 15 is 0 Å². The molecule has 3 aromatic heterocycles. The van der Waals surface area contributed by atoms with Gasteiger partial charge in [-0.1, -0.05) is 44.5 Å². The van der Waals surface area contributed by atoms with Gasteiger partial charge in [-0.2, -0.15) is 0 Å². The van der Waals surface area contributed by atoms with Gasteiger partial charge in [-0.3, -0.25) is 48.4 Å². The van der Waals surface area contributed by atoms with Crippen LogP contribution in [0.5, 0.6) is 5.75 Å². The zero-order valence-corrected chi connectivity index (χ0v) is 50.0. The predicted molar refractivity (Wildman–Crippen MR) is 328 cm³/mol. The highest BCUT2D eigenvalue weighted by Crippen LogP contribution is 2.32. The second-order valence-corrected chi connectivity index (χ2v) is 21.6. The van der Waals surface area contributed by atoms with Gasteiger partial charge in [0.25, 0.3) is 11.8 Å². The van der Waals surface area contributed by atoms with Crippen LogP contribution in [0.25, 0.3) is 33.5 Å². The molecule has 11 N–H and O–H groups in total. The minimum Gasteiger partial charge on any atom is -0.492 e. The molecule has 3 aromatic carbocycles. The van der Waals surface area contributed by atoms with E-state index < -0.39 is 95.6 Å². The zero-order chi connectivity index (χ0) is 64.7. The van der Waals surface area contributed by atoms with Crippen LogP contribution in [0.1, 0.15) is 95.1 Å². The molecule has 0 radical (unpaired) electrons. The normalized spacial score (nSPS) is 12.9. The third-order valence-corrected chi connectivity index (χ3v) is 14.2. The largest absolute Gasteiger partial charge is 0.492 e. The molecule has 1 aliphatic rings. The number of aromatic nitrogens is 4. The molecule has 6 aromatic rings. The number of nitrogens with two attached hydrogens (primary N) is 1. The lowest BCUT2D eigenvalue weighted by Crippen LogP contribution is -2.57. The Hall–Kier alpha value is -10.3. The average Bonchev–Trinajstić information content (AvgIpc) is 2.14. The van der Waals surface area contributed by atoms with Crippen molar-refractivity contribution in [2.24, 2.45) is 11.7 Å². The van der Waals surface area contributed by atoms with Crippen molar-refractivity contribution in [3.05, 3.63) is 132 Å². The van der Waals surface area contributed by atoms with E-state index in [1.54, 1.807) is 44.3 Å². The number of carboxylic acid groups (broad SMARTS) is 1. The molecule has 0 fully saturated rings. The maximum absolute atomic E-state index is 13.9. The van der Waals surface area contributed by atoms with Gasteiger partial charge in [0, 0.05) is 78.7 Å². The lowest BCUT2D eigenvalue weighted by atomic mass is 10.0. The van der Waals surface area contributed by atoms with Gasteiger partial charge >= 0.3 is 18.1 Å². The summed E-state index contributed by atoms with van der Waals surface area (Å²) >= 11 is 0. The van der Waals surface area contributed by atoms with E-state index in [1.807, 2.05) is 49.4 Å². The van der Waals surface area contributed by atoms with Crippen molar-refractivity contribution in [3.8, 4) is 28.4 Å². The Morgan fingerprint density at radius 3 is 2.20 bits per heavy atom. The number of ether oxygens (including phenoxy) is 2. The molecule has 7 rings (SSSR count). The molecule has 25 nitrogen and oxygen atoms in total. The van der Waals surface area contributed by atoms with Gasteiger partial charge in [0.15, 0.2) is 11.6 Å². The average molecular weight is 1240 g/mol. The first-order chi connectivity index (χ1) is 43.2. The summed E-state index contributed by atoms with van der Waals surface area (Å²) in [4.78, 5) is 132. The first kappa shape index (κ1) is 67.2. The van der Waals surface area contributed by atoms with Gasteiger partial charge in [-0.05, 0) is 118 Å². The molecule has 0 aliphatic carbocycles. The fourth-order valence-corrected chi connectivity index (χ4v) is 9.46. The minimum atomic E-state index is -1.33. The smallest absolute Gasteiger partial charge is 0.407 e. The minimum absolute atomic E-state index is 0.0205. The summed E-state index contributed by atoms with van der Waals surface area (Å²) in [5, 5.41) is 29.0. The Morgan fingerprint density at radius 1 is 0.733 bits per heavy atom. The summed E-state index contributed by atoms with van der Waals surface area (Å²) in [6, 6.07) is 18.7. The van der Waals surface area contributed by atoms with Crippen molar-refractivity contribution in [2.75, 3.05) is 36.9 Å². The van der Waals surface area contributed by atoms with Crippen LogP contribution in [0.15, 0.2) is 103 Å². The van der Waals surface area contributed by atoms with Gasteiger partial charge in [-0.15, -0.1) is 0 Å². The molecule has 0 bridgehead atoms. The lowest BCUT2D eigenvalue weighted by Gasteiger charge is -2.27. The quantitative estimate of drug-likeness (QED) is 0.0146. The molecule has 9 amide bonds. The number of hydrogen-bond donors (Lipinski definition) is 10. The number of hydrogen-bond acceptors (Lipinski definition) is 15. The van der Waals surface area contributed by atoms with Crippen molar-refractivity contribution >= 4 is 75.8 Å². The van der Waals surface area contributed by atoms with E-state index in [4.69, 9.17) is 25.2 Å². The van der Waals surface area contributed by atoms with Crippen molar-refractivity contribution in [3.63, 3.8) is 0 Å². The number of fused-ring (bicyclic) bond motifs is 1. The number of aromatic amines is 1. The Bertz CT molecular complexity index is 3560. The number of aryl methyl sites for hydroxylation is 1. The Kier molecular flexibility index (Phi) is 24.7. The highest BCUT2D eigenvalue weighted by molar-refractivity contribution is 6.12. The number of unbranched alkanes of at least 4 members (excludes halogenated alkanes) is 3. The summed E-state index contributed by atoms with van der Waals surface area (Å²) < 4.78 is 38.9. The molecule has 3 atom stereocenters. The number of nitrogens with zero attached hydrogens (tertiary/aromatic N) is 4. The van der Waals surface area contributed by atoms with Crippen LogP contribution in [0, 0.1) is 24.5 Å². The first-order valence-electron chi connectivity index (χ1n) is 29.4. The van der Waals surface area contributed by atoms with E-state index in [9.17, 15) is 57.0 Å². The number of carboxylic acids is 1. The molecule has 0 unspecified atom stereocenters. The number of amides is 9. The van der Waals surface area contributed by atoms with Crippen LogP contribution in [0.3, 0.4) is 0 Å². The fourth-order valence-electron chi connectivity index (χ4n) is 9.46. The number of urea groups is 1. The van der Waals surface area contributed by atoms with E-state index in [1.165, 1.54) is 18.2 Å². The third-order valence-electron chi connectivity index (χ3n) is 14.2. The number of pyridine rings is 2. The van der Waals surface area contributed by atoms with Crippen molar-refractivity contribution < 1.29 is 66.5 Å². The van der Waals surface area contributed by atoms with Crippen LogP contribution < -0.4 is 47.7 Å². The summed E-state index contributed by atoms with van der Waals surface area (Å²) in [6.07, 6.45) is 5.19. The fraction of sp³-hybridized carbons (Fsp3) is 0.365. The number of H-pyrrole nitrogens is 1. The highest BCUT2D eigenvalue weighted by atomic mass is 19.2. The van der Waals surface area contributed by atoms with E-state index in [-0.39, 0.29) is 51.9 Å². The molecule has 90 heavy (non-hydrogen) atoms. The van der Waals surface area contributed by atoms with Gasteiger partial charge in [0.05, 0.1) is 41.9 Å². The van der Waals surface area contributed by atoms with Crippen LogP contribution in [0.4, 0.5) is 29.7 Å². The number of nitrogens with one attached hydrogen (secondary N) is 8. The first-order valence-corrected chi connectivity index (χ1v) is 29.4. The molecule has 27 heteroatoms. The third kappa shape index (κ3) is 20.7. The van der Waals surface area contributed by atoms with Gasteiger partial charge in [-0.25, -0.2) is 23.4 Å². The molecule has 1 aliphatic heterocycles. The Labute approximate surface area is 517 Å². The maximum Gasteiger partial charge on any atom is 0.407 e. The number of benzene rings is 3. The Morgan fingerprint density at radius 2 is 1.48 bits per heavy atom. The second kappa shape index (κ2) is 33.1. The van der Waals surface area contributed by atoms with Crippen LogP contribution in [-0.4, -0.2) is 128 Å². The predicted octanol–water partition coefficient (Wildman–Crippen LogP) is 6.82. The van der Waals surface area contributed by atoms with Gasteiger partial charge < -0.3 is 62.5 Å².